The zero-order chi connectivity index (χ0) is 12.8. The van der Waals surface area contributed by atoms with E-state index in [0.29, 0.717) is 5.56 Å². The molecule has 0 unspecified atom stereocenters. The molecular weight excluding hydrogens is 220 g/mol. The van der Waals surface area contributed by atoms with Gasteiger partial charge in [-0.05, 0) is 38.1 Å². The molecule has 17 heavy (non-hydrogen) atoms. The topological polar surface area (TPSA) is 73.9 Å². The molecular formula is C12H16N2O3. The third-order valence-electron chi connectivity index (χ3n) is 1.79. The summed E-state index contributed by atoms with van der Waals surface area (Å²) < 4.78 is 5.48. The largest absolute Gasteiger partial charge is 0.491 e. The number of oxime groups is 1. The molecule has 0 aliphatic carbocycles. The molecule has 0 spiro atoms. The normalized spacial score (nSPS) is 11.4. The van der Waals surface area contributed by atoms with E-state index in [4.69, 9.17) is 10.5 Å². The number of hydrogen-bond acceptors (Lipinski definition) is 4. The molecule has 0 fully saturated rings. The Morgan fingerprint density at radius 2 is 1.88 bits per heavy atom. The highest BCUT2D eigenvalue weighted by atomic mass is 16.7. The predicted molar refractivity (Wildman–Crippen MR) is 64.7 cm³/mol. The van der Waals surface area contributed by atoms with E-state index >= 15 is 0 Å². The lowest BCUT2D eigenvalue weighted by Crippen LogP contribution is -2.14. The summed E-state index contributed by atoms with van der Waals surface area (Å²) in [7, 11) is 0. The summed E-state index contributed by atoms with van der Waals surface area (Å²) in [6.07, 6.45) is 0.118. The minimum absolute atomic E-state index is 0.118. The minimum Gasteiger partial charge on any atom is -0.491 e. The Morgan fingerprint density at radius 3 is 2.35 bits per heavy atom. The van der Waals surface area contributed by atoms with Crippen molar-refractivity contribution in [1.82, 2.24) is 0 Å². The minimum atomic E-state index is -0.507. The van der Waals surface area contributed by atoms with Crippen LogP contribution in [0.1, 0.15) is 26.3 Å². The average Bonchev–Trinajstić information content (AvgIpc) is 2.26. The number of ether oxygens (including phenoxy) is 1. The molecule has 0 aromatic heterocycles. The van der Waals surface area contributed by atoms with Crippen LogP contribution in [0, 0.1) is 0 Å². The highest BCUT2D eigenvalue weighted by Crippen LogP contribution is 2.13. The summed E-state index contributed by atoms with van der Waals surface area (Å²) in [5.74, 6) is 0.396. The molecule has 92 valence electrons. The Kier molecular flexibility index (Phi) is 4.51. The summed E-state index contributed by atoms with van der Waals surface area (Å²) in [4.78, 5) is 15.0. The van der Waals surface area contributed by atoms with Crippen LogP contribution in [0.25, 0.3) is 0 Å². The second-order valence-corrected chi connectivity index (χ2v) is 3.75. The highest BCUT2D eigenvalue weighted by molar-refractivity contribution is 5.97. The zero-order valence-corrected chi connectivity index (χ0v) is 10.1. The van der Waals surface area contributed by atoms with Crippen LogP contribution in [0.2, 0.25) is 0 Å². The second kappa shape index (κ2) is 5.89. The van der Waals surface area contributed by atoms with Crippen LogP contribution >= 0.6 is 0 Å². The third-order valence-corrected chi connectivity index (χ3v) is 1.79. The number of amidine groups is 1. The molecule has 5 nitrogen and oxygen atoms in total. The molecule has 0 atom stereocenters. The van der Waals surface area contributed by atoms with Crippen molar-refractivity contribution >= 4 is 11.8 Å². The van der Waals surface area contributed by atoms with Crippen molar-refractivity contribution in [3.05, 3.63) is 29.8 Å². The summed E-state index contributed by atoms with van der Waals surface area (Å²) in [5, 5.41) is 3.49. The van der Waals surface area contributed by atoms with Gasteiger partial charge in [-0.15, -0.1) is 0 Å². The van der Waals surface area contributed by atoms with Crippen molar-refractivity contribution in [2.24, 2.45) is 10.9 Å². The van der Waals surface area contributed by atoms with Gasteiger partial charge in [-0.1, -0.05) is 5.16 Å². The molecule has 0 bridgehead atoms. The molecule has 0 heterocycles. The van der Waals surface area contributed by atoms with Gasteiger partial charge in [-0.3, -0.25) is 0 Å². The molecule has 1 rings (SSSR count). The van der Waals surface area contributed by atoms with Crippen LogP contribution in [0.3, 0.4) is 0 Å². The molecule has 1 aromatic carbocycles. The number of carbonyl (C=O) groups excluding carboxylic acids is 1. The highest BCUT2D eigenvalue weighted by Gasteiger charge is 2.02. The predicted octanol–water partition coefficient (Wildman–Crippen LogP) is 1.66. The number of nitrogens with two attached hydrogens (primary N) is 1. The van der Waals surface area contributed by atoms with Crippen LogP contribution in [0.4, 0.5) is 0 Å². The number of hydrogen-bond donors (Lipinski definition) is 1. The Labute approximate surface area is 100 Å². The van der Waals surface area contributed by atoms with E-state index in [1.807, 2.05) is 13.8 Å². The number of benzene rings is 1. The molecule has 5 heteroatoms. The smallest absolute Gasteiger partial charge is 0.332 e. The zero-order valence-electron chi connectivity index (χ0n) is 10.1. The van der Waals surface area contributed by atoms with Crippen molar-refractivity contribution < 1.29 is 14.4 Å². The Morgan fingerprint density at radius 1 is 1.29 bits per heavy atom. The van der Waals surface area contributed by atoms with Gasteiger partial charge in [0.25, 0.3) is 0 Å². The van der Waals surface area contributed by atoms with Crippen LogP contribution in [-0.2, 0) is 9.63 Å². The van der Waals surface area contributed by atoms with E-state index in [1.165, 1.54) is 6.92 Å². The second-order valence-electron chi connectivity index (χ2n) is 3.75. The SMILES string of the molecule is CC(=O)O/N=C(\N)c1ccc(OC(C)C)cc1. The maximum atomic E-state index is 10.6. The van der Waals surface area contributed by atoms with Crippen molar-refractivity contribution in [2.75, 3.05) is 0 Å². The fourth-order valence-corrected chi connectivity index (χ4v) is 1.14. The maximum absolute atomic E-state index is 10.6. The molecule has 2 N–H and O–H groups in total. The van der Waals surface area contributed by atoms with E-state index in [9.17, 15) is 4.79 Å². The molecule has 0 aliphatic rings. The van der Waals surface area contributed by atoms with Crippen molar-refractivity contribution in [3.8, 4) is 5.75 Å². The van der Waals surface area contributed by atoms with Gasteiger partial charge < -0.3 is 15.3 Å². The first-order valence-corrected chi connectivity index (χ1v) is 5.27. The van der Waals surface area contributed by atoms with Gasteiger partial charge in [0, 0.05) is 12.5 Å². The van der Waals surface area contributed by atoms with E-state index < -0.39 is 5.97 Å². The third kappa shape index (κ3) is 4.55. The van der Waals surface area contributed by atoms with Crippen LogP contribution < -0.4 is 10.5 Å². The van der Waals surface area contributed by atoms with Gasteiger partial charge in [0.15, 0.2) is 5.84 Å². The van der Waals surface area contributed by atoms with Gasteiger partial charge in [0.05, 0.1) is 6.10 Å². The Balaban J connectivity index is 2.73. The maximum Gasteiger partial charge on any atom is 0.332 e. The van der Waals surface area contributed by atoms with Gasteiger partial charge >= 0.3 is 5.97 Å². The van der Waals surface area contributed by atoms with Gasteiger partial charge in [0.1, 0.15) is 5.75 Å². The fourth-order valence-electron chi connectivity index (χ4n) is 1.14. The first-order chi connectivity index (χ1) is 7.99. The van der Waals surface area contributed by atoms with Crippen LogP contribution in [0.5, 0.6) is 5.75 Å². The summed E-state index contributed by atoms with van der Waals surface area (Å²) in [6, 6.07) is 7.07. The molecule has 0 amide bonds. The van der Waals surface area contributed by atoms with E-state index in [1.54, 1.807) is 24.3 Å². The number of nitrogens with zero attached hydrogens (tertiary/aromatic N) is 1. The van der Waals surface area contributed by atoms with Crippen LogP contribution in [0.15, 0.2) is 29.4 Å². The van der Waals surface area contributed by atoms with Gasteiger partial charge in [-0.25, -0.2) is 4.79 Å². The first kappa shape index (κ1) is 13.0. The van der Waals surface area contributed by atoms with E-state index in [2.05, 4.69) is 9.99 Å². The first-order valence-electron chi connectivity index (χ1n) is 5.27. The molecule has 0 radical (unpaired) electrons. The monoisotopic (exact) mass is 236 g/mol. The van der Waals surface area contributed by atoms with Crippen molar-refractivity contribution in [3.63, 3.8) is 0 Å². The average molecular weight is 236 g/mol. The summed E-state index contributed by atoms with van der Waals surface area (Å²) in [5.41, 5.74) is 6.30. The van der Waals surface area contributed by atoms with E-state index in [-0.39, 0.29) is 11.9 Å². The summed E-state index contributed by atoms with van der Waals surface area (Å²) in [6.45, 7) is 5.16. The van der Waals surface area contributed by atoms with E-state index in [0.717, 1.165) is 5.75 Å². The fraction of sp³-hybridized carbons (Fsp3) is 0.333. The lowest BCUT2D eigenvalue weighted by molar-refractivity contribution is -0.140. The van der Waals surface area contributed by atoms with Crippen LogP contribution in [-0.4, -0.2) is 17.9 Å². The number of carbonyl (C=O) groups is 1. The lowest BCUT2D eigenvalue weighted by atomic mass is 10.2. The van der Waals surface area contributed by atoms with Gasteiger partial charge in [0.2, 0.25) is 0 Å². The van der Waals surface area contributed by atoms with Gasteiger partial charge in [-0.2, -0.15) is 0 Å². The quantitative estimate of drug-likeness (QED) is 0.373. The van der Waals surface area contributed by atoms with Crippen molar-refractivity contribution in [1.29, 1.82) is 0 Å². The lowest BCUT2D eigenvalue weighted by Gasteiger charge is -2.09. The number of rotatable bonds is 4. The summed E-state index contributed by atoms with van der Waals surface area (Å²) >= 11 is 0. The van der Waals surface area contributed by atoms with Crippen molar-refractivity contribution in [2.45, 2.75) is 26.9 Å². The Bertz CT molecular complexity index is 410. The standard InChI is InChI=1S/C12H16N2O3/c1-8(2)16-11-6-4-10(5-7-11)12(13)14-17-9(3)15/h4-8H,1-3H3,(H2,13,14). The molecule has 0 saturated heterocycles. The molecule has 0 aliphatic heterocycles. The molecule has 1 aromatic rings. The Hall–Kier alpha value is -2.04. The molecule has 0 saturated carbocycles.